The Balaban J connectivity index is 1.69. The lowest BCUT2D eigenvalue weighted by Gasteiger charge is -2.16. The Hall–Kier alpha value is -3.03. The van der Waals surface area contributed by atoms with Gasteiger partial charge in [-0.15, -0.1) is 0 Å². The maximum atomic E-state index is 12.8. The largest absolute Gasteiger partial charge is 0.416 e. The maximum Gasteiger partial charge on any atom is 0.416 e. The number of nitrogens with zero attached hydrogens (tertiary/aromatic N) is 2. The molecule has 1 amide bonds. The van der Waals surface area contributed by atoms with E-state index in [0.717, 1.165) is 23.2 Å². The van der Waals surface area contributed by atoms with Crippen LogP contribution in [0.3, 0.4) is 0 Å². The van der Waals surface area contributed by atoms with Crippen LogP contribution in [0, 0.1) is 0 Å². The van der Waals surface area contributed by atoms with Crippen LogP contribution in [-0.2, 0) is 24.6 Å². The second-order valence-corrected chi connectivity index (χ2v) is 6.64. The Bertz CT molecular complexity index is 1070. The number of carbonyl (C=O) groups is 1. The zero-order chi connectivity index (χ0) is 20.5. The van der Waals surface area contributed by atoms with Crippen molar-refractivity contribution in [2.45, 2.75) is 32.1 Å². The number of hydrogen-bond donors (Lipinski definition) is 1. The summed E-state index contributed by atoms with van der Waals surface area (Å²) in [6.45, 7) is 1.80. The molecule has 2 aromatic carbocycles. The van der Waals surface area contributed by atoms with Gasteiger partial charge in [-0.1, -0.05) is 24.3 Å². The Labute approximate surface area is 159 Å². The predicted octanol–water partition coefficient (Wildman–Crippen LogP) is 3.63. The first-order valence-corrected chi connectivity index (χ1v) is 8.79. The van der Waals surface area contributed by atoms with Crippen molar-refractivity contribution in [2.24, 2.45) is 7.05 Å². The summed E-state index contributed by atoms with van der Waals surface area (Å²) in [5.41, 5.74) is 0.887. The highest BCUT2D eigenvalue weighted by Gasteiger charge is 2.30. The highest BCUT2D eigenvalue weighted by Crippen LogP contribution is 2.30. The van der Waals surface area contributed by atoms with Crippen LogP contribution in [0.15, 0.2) is 53.3 Å². The molecule has 1 N–H and O–H groups in total. The average molecular weight is 391 g/mol. The van der Waals surface area contributed by atoms with Gasteiger partial charge in [0.25, 0.3) is 0 Å². The smallest absolute Gasteiger partial charge is 0.350 e. The fraction of sp³-hybridized carbons (Fsp3) is 0.300. The number of alkyl halides is 3. The Kier molecular flexibility index (Phi) is 5.31. The molecule has 3 rings (SSSR count). The van der Waals surface area contributed by atoms with Gasteiger partial charge in [0.2, 0.25) is 5.91 Å². The lowest BCUT2D eigenvalue weighted by atomic mass is 10.0. The summed E-state index contributed by atoms with van der Waals surface area (Å²) in [6.07, 6.45) is -4.40. The highest BCUT2D eigenvalue weighted by atomic mass is 19.4. The lowest BCUT2D eigenvalue weighted by Crippen LogP contribution is -2.29. The minimum Gasteiger partial charge on any atom is -0.350 e. The second-order valence-electron chi connectivity index (χ2n) is 6.64. The van der Waals surface area contributed by atoms with Crippen LogP contribution >= 0.6 is 0 Å². The second kappa shape index (κ2) is 7.53. The van der Waals surface area contributed by atoms with E-state index in [-0.39, 0.29) is 24.6 Å². The highest BCUT2D eigenvalue weighted by molar-refractivity contribution is 5.78. The molecule has 1 heterocycles. The van der Waals surface area contributed by atoms with E-state index in [4.69, 9.17) is 0 Å². The number of hydrogen-bond acceptors (Lipinski definition) is 2. The molecule has 148 valence electrons. The van der Waals surface area contributed by atoms with Crippen LogP contribution in [0.1, 0.15) is 30.5 Å². The molecule has 5 nitrogen and oxygen atoms in total. The van der Waals surface area contributed by atoms with Crippen molar-refractivity contribution in [1.29, 1.82) is 0 Å². The third-order valence-electron chi connectivity index (χ3n) is 4.71. The number of para-hydroxylation sites is 2. The number of amides is 1. The molecule has 0 aliphatic rings. The van der Waals surface area contributed by atoms with Gasteiger partial charge in [-0.2, -0.15) is 13.2 Å². The van der Waals surface area contributed by atoms with Crippen LogP contribution in [0.25, 0.3) is 11.0 Å². The lowest BCUT2D eigenvalue weighted by molar-refractivity contribution is -0.137. The average Bonchev–Trinajstić information content (AvgIpc) is 2.90. The van der Waals surface area contributed by atoms with E-state index < -0.39 is 17.8 Å². The number of benzene rings is 2. The molecule has 1 atom stereocenters. The molecule has 0 bridgehead atoms. The summed E-state index contributed by atoms with van der Waals surface area (Å²) in [5, 5.41) is 2.69. The van der Waals surface area contributed by atoms with E-state index >= 15 is 0 Å². The zero-order valence-electron chi connectivity index (χ0n) is 15.5. The number of aromatic nitrogens is 2. The van der Waals surface area contributed by atoms with Gasteiger partial charge < -0.3 is 5.32 Å². The first-order chi connectivity index (χ1) is 13.2. The van der Waals surface area contributed by atoms with Crippen LogP contribution in [0.2, 0.25) is 0 Å². The normalized spacial score (nSPS) is 12.9. The molecule has 0 spiro atoms. The number of nitrogens with one attached hydrogen (secondary N) is 1. The molecule has 28 heavy (non-hydrogen) atoms. The molecule has 0 fully saturated rings. The molecule has 8 heteroatoms. The molecule has 0 radical (unpaired) electrons. The van der Waals surface area contributed by atoms with Crippen molar-refractivity contribution >= 4 is 16.9 Å². The summed E-state index contributed by atoms with van der Waals surface area (Å²) < 4.78 is 41.6. The quantitative estimate of drug-likeness (QED) is 0.722. The standard InChI is InChI=1S/C20H20F3N3O2/c1-13(14-6-5-7-15(12-14)20(21,22)23)24-18(27)10-11-26-17-9-4-3-8-16(17)25(2)19(26)28/h3-9,12-13H,10-11H2,1-2H3,(H,24,27). The van der Waals surface area contributed by atoms with Gasteiger partial charge in [-0.25, -0.2) is 4.79 Å². The van der Waals surface area contributed by atoms with Crippen molar-refractivity contribution in [3.05, 3.63) is 70.1 Å². The van der Waals surface area contributed by atoms with Crippen LogP contribution in [0.5, 0.6) is 0 Å². The number of imidazole rings is 1. The monoisotopic (exact) mass is 391 g/mol. The minimum absolute atomic E-state index is 0.0389. The van der Waals surface area contributed by atoms with Gasteiger partial charge in [0.05, 0.1) is 22.6 Å². The van der Waals surface area contributed by atoms with Crippen molar-refractivity contribution in [1.82, 2.24) is 14.5 Å². The molecule has 0 aliphatic heterocycles. The molecule has 0 saturated heterocycles. The fourth-order valence-corrected chi connectivity index (χ4v) is 3.17. The Morgan fingerprint density at radius 2 is 1.79 bits per heavy atom. The molecule has 0 saturated carbocycles. The van der Waals surface area contributed by atoms with Crippen molar-refractivity contribution in [2.75, 3.05) is 0 Å². The third kappa shape index (κ3) is 3.95. The van der Waals surface area contributed by atoms with Crippen molar-refractivity contribution < 1.29 is 18.0 Å². The van der Waals surface area contributed by atoms with E-state index in [2.05, 4.69) is 5.32 Å². The van der Waals surface area contributed by atoms with E-state index in [0.29, 0.717) is 5.56 Å². The van der Waals surface area contributed by atoms with Crippen LogP contribution in [-0.4, -0.2) is 15.0 Å². The Morgan fingerprint density at radius 3 is 2.46 bits per heavy atom. The van der Waals surface area contributed by atoms with Gasteiger partial charge in [0.1, 0.15) is 0 Å². The Morgan fingerprint density at radius 1 is 1.11 bits per heavy atom. The summed E-state index contributed by atoms with van der Waals surface area (Å²) >= 11 is 0. The van der Waals surface area contributed by atoms with Gasteiger partial charge in [-0.3, -0.25) is 13.9 Å². The zero-order valence-corrected chi connectivity index (χ0v) is 15.5. The van der Waals surface area contributed by atoms with E-state index in [9.17, 15) is 22.8 Å². The minimum atomic E-state index is -4.44. The first-order valence-electron chi connectivity index (χ1n) is 8.79. The van der Waals surface area contributed by atoms with Crippen LogP contribution < -0.4 is 11.0 Å². The van der Waals surface area contributed by atoms with E-state index in [1.165, 1.54) is 21.3 Å². The maximum absolute atomic E-state index is 12.8. The molecule has 1 unspecified atom stereocenters. The summed E-state index contributed by atoms with van der Waals surface area (Å²) in [6, 6.07) is 11.6. The number of rotatable bonds is 5. The third-order valence-corrected chi connectivity index (χ3v) is 4.71. The van der Waals surface area contributed by atoms with E-state index in [1.54, 1.807) is 20.0 Å². The molecular weight excluding hydrogens is 371 g/mol. The van der Waals surface area contributed by atoms with Gasteiger partial charge in [-0.05, 0) is 36.8 Å². The first kappa shape index (κ1) is 19.7. The van der Waals surface area contributed by atoms with Gasteiger partial charge in [0, 0.05) is 20.0 Å². The van der Waals surface area contributed by atoms with Gasteiger partial charge >= 0.3 is 11.9 Å². The summed E-state index contributed by atoms with van der Waals surface area (Å²) in [4.78, 5) is 24.6. The topological polar surface area (TPSA) is 56.0 Å². The summed E-state index contributed by atoms with van der Waals surface area (Å²) in [5.74, 6) is -0.343. The van der Waals surface area contributed by atoms with Gasteiger partial charge in [0.15, 0.2) is 0 Å². The molecule has 0 aliphatic carbocycles. The number of carbonyl (C=O) groups excluding carboxylic acids is 1. The van der Waals surface area contributed by atoms with Crippen LogP contribution in [0.4, 0.5) is 13.2 Å². The summed E-state index contributed by atoms with van der Waals surface area (Å²) in [7, 11) is 1.66. The van der Waals surface area contributed by atoms with Crippen molar-refractivity contribution in [3.63, 3.8) is 0 Å². The molecular formula is C20H20F3N3O2. The molecule has 1 aromatic heterocycles. The number of aryl methyl sites for hydroxylation is 2. The SMILES string of the molecule is CC(NC(=O)CCn1c(=O)n(C)c2ccccc21)c1cccc(C(F)(F)F)c1. The molecule has 3 aromatic rings. The fourth-order valence-electron chi connectivity index (χ4n) is 3.17. The van der Waals surface area contributed by atoms with Crippen molar-refractivity contribution in [3.8, 4) is 0 Å². The predicted molar refractivity (Wildman–Crippen MR) is 99.8 cm³/mol. The number of halogens is 3. The number of fused-ring (bicyclic) bond motifs is 1. The van der Waals surface area contributed by atoms with E-state index in [1.807, 2.05) is 18.2 Å².